The summed E-state index contributed by atoms with van der Waals surface area (Å²) in [6.45, 7) is 0.493. The van der Waals surface area contributed by atoms with Crippen molar-refractivity contribution in [1.29, 1.82) is 0 Å². The van der Waals surface area contributed by atoms with Crippen LogP contribution in [-0.2, 0) is 30.5 Å². The molecule has 3 N–H and O–H groups in total. The lowest BCUT2D eigenvalue weighted by Gasteiger charge is -2.32. The van der Waals surface area contributed by atoms with Gasteiger partial charge in [-0.25, -0.2) is 0 Å². The Balaban J connectivity index is 2.05. The molecule has 9 heteroatoms. The van der Waals surface area contributed by atoms with Crippen molar-refractivity contribution in [1.82, 2.24) is 5.32 Å². The van der Waals surface area contributed by atoms with E-state index in [1.54, 1.807) is 12.1 Å². The van der Waals surface area contributed by atoms with Crippen molar-refractivity contribution in [2.24, 2.45) is 11.3 Å². The first kappa shape index (κ1) is 26.1. The molecule has 8 nitrogen and oxygen atoms in total. The van der Waals surface area contributed by atoms with E-state index in [9.17, 15) is 24.6 Å². The molecule has 0 radical (unpaired) electrons. The molecule has 1 aromatic rings. The number of carbonyl (C=O) groups is 3. The zero-order chi connectivity index (χ0) is 23.6. The molecule has 0 spiro atoms. The minimum Gasteiger partial charge on any atom is -0.481 e. The van der Waals surface area contributed by atoms with Gasteiger partial charge in [-0.05, 0) is 37.3 Å². The van der Waals surface area contributed by atoms with E-state index in [1.807, 2.05) is 12.1 Å². The summed E-state index contributed by atoms with van der Waals surface area (Å²) in [6.07, 6.45) is 3.05. The van der Waals surface area contributed by atoms with Crippen LogP contribution in [-0.4, -0.2) is 54.4 Å². The van der Waals surface area contributed by atoms with Crippen LogP contribution in [0.3, 0.4) is 0 Å². The number of methoxy groups -OCH3 is 1. The van der Waals surface area contributed by atoms with Crippen molar-refractivity contribution in [2.45, 2.75) is 57.6 Å². The minimum atomic E-state index is -1.05. The molecule has 0 unspecified atom stereocenters. The standard InChI is InChI=1S/C23H32ClNO7/c1-31-11-8-16(21(28)29)13-23(9-4-5-10-23)22(30)25-18(12-20(26)27)15-32-14-17-6-2-3-7-19(17)24/h2-3,6-7,16,18H,4-5,8-15H2,1H3,(H,25,30)(H,26,27)(H,28,29)/t16-,18-/m1/s1. The van der Waals surface area contributed by atoms with Crippen LogP contribution in [0.5, 0.6) is 0 Å². The van der Waals surface area contributed by atoms with Gasteiger partial charge in [0.2, 0.25) is 5.91 Å². The average molecular weight is 470 g/mol. The van der Waals surface area contributed by atoms with Crippen LogP contribution < -0.4 is 5.32 Å². The lowest BCUT2D eigenvalue weighted by molar-refractivity contribution is -0.145. The number of carboxylic acid groups (broad SMARTS) is 2. The van der Waals surface area contributed by atoms with E-state index in [0.29, 0.717) is 30.9 Å². The van der Waals surface area contributed by atoms with Gasteiger partial charge >= 0.3 is 11.9 Å². The molecule has 0 aromatic heterocycles. The van der Waals surface area contributed by atoms with Gasteiger partial charge in [-0.1, -0.05) is 42.6 Å². The number of halogens is 1. The molecule has 1 saturated carbocycles. The second-order valence-electron chi connectivity index (χ2n) is 8.38. The van der Waals surface area contributed by atoms with Gasteiger partial charge < -0.3 is 25.0 Å². The molecule has 0 heterocycles. The molecule has 32 heavy (non-hydrogen) atoms. The monoisotopic (exact) mass is 469 g/mol. The summed E-state index contributed by atoms with van der Waals surface area (Å²) in [5, 5.41) is 22.3. The number of nitrogens with one attached hydrogen (secondary N) is 1. The Labute approximate surface area is 193 Å². The average Bonchev–Trinajstić information content (AvgIpc) is 3.21. The Morgan fingerprint density at radius 2 is 1.88 bits per heavy atom. The van der Waals surface area contributed by atoms with Gasteiger partial charge in [0, 0.05) is 18.7 Å². The predicted octanol–water partition coefficient (Wildman–Crippen LogP) is 3.50. The first-order chi connectivity index (χ1) is 15.3. The quantitative estimate of drug-likeness (QED) is 0.381. The molecular formula is C23H32ClNO7. The molecule has 0 aliphatic heterocycles. The van der Waals surface area contributed by atoms with Crippen molar-refractivity contribution in [3.63, 3.8) is 0 Å². The van der Waals surface area contributed by atoms with E-state index in [2.05, 4.69) is 5.32 Å². The lowest BCUT2D eigenvalue weighted by Crippen LogP contribution is -2.48. The van der Waals surface area contributed by atoms with Crippen molar-refractivity contribution in [3.8, 4) is 0 Å². The van der Waals surface area contributed by atoms with Crippen molar-refractivity contribution >= 4 is 29.4 Å². The predicted molar refractivity (Wildman–Crippen MR) is 118 cm³/mol. The fourth-order valence-electron chi connectivity index (χ4n) is 4.25. The first-order valence-electron chi connectivity index (χ1n) is 10.8. The van der Waals surface area contributed by atoms with Crippen LogP contribution in [0.2, 0.25) is 5.02 Å². The van der Waals surface area contributed by atoms with Crippen LogP contribution in [0, 0.1) is 11.3 Å². The second-order valence-corrected chi connectivity index (χ2v) is 8.79. The Kier molecular flexibility index (Phi) is 10.4. The molecule has 178 valence electrons. The number of hydrogen-bond acceptors (Lipinski definition) is 5. The smallest absolute Gasteiger partial charge is 0.306 e. The van der Waals surface area contributed by atoms with Crippen LogP contribution in [0.15, 0.2) is 24.3 Å². The van der Waals surface area contributed by atoms with E-state index in [4.69, 9.17) is 21.1 Å². The second kappa shape index (κ2) is 12.8. The molecule has 0 bridgehead atoms. The number of hydrogen-bond donors (Lipinski definition) is 3. The number of rotatable bonds is 14. The Morgan fingerprint density at radius 3 is 2.47 bits per heavy atom. The molecule has 0 saturated heterocycles. The minimum absolute atomic E-state index is 0.00533. The molecule has 2 rings (SSSR count). The molecular weight excluding hydrogens is 438 g/mol. The van der Waals surface area contributed by atoms with Crippen LogP contribution >= 0.6 is 11.6 Å². The highest BCUT2D eigenvalue weighted by Crippen LogP contribution is 2.44. The summed E-state index contributed by atoms with van der Waals surface area (Å²) < 4.78 is 10.7. The number of amides is 1. The number of carbonyl (C=O) groups excluding carboxylic acids is 1. The third-order valence-electron chi connectivity index (χ3n) is 5.99. The van der Waals surface area contributed by atoms with Gasteiger partial charge in [0.25, 0.3) is 0 Å². The van der Waals surface area contributed by atoms with Crippen molar-refractivity contribution < 1.29 is 34.1 Å². The van der Waals surface area contributed by atoms with Crippen LogP contribution in [0.1, 0.15) is 50.5 Å². The van der Waals surface area contributed by atoms with Gasteiger partial charge in [-0.15, -0.1) is 0 Å². The molecule has 1 aliphatic rings. The highest BCUT2D eigenvalue weighted by Gasteiger charge is 2.44. The first-order valence-corrected chi connectivity index (χ1v) is 11.2. The van der Waals surface area contributed by atoms with E-state index < -0.39 is 29.3 Å². The number of carboxylic acids is 2. The maximum atomic E-state index is 13.3. The summed E-state index contributed by atoms with van der Waals surface area (Å²) in [5.74, 6) is -3.01. The zero-order valence-electron chi connectivity index (χ0n) is 18.3. The lowest BCUT2D eigenvalue weighted by atomic mass is 9.75. The maximum Gasteiger partial charge on any atom is 0.306 e. The van der Waals surface area contributed by atoms with E-state index in [1.165, 1.54) is 7.11 Å². The number of ether oxygens (including phenoxy) is 2. The van der Waals surface area contributed by atoms with Crippen molar-refractivity contribution in [3.05, 3.63) is 34.9 Å². The van der Waals surface area contributed by atoms with E-state index >= 15 is 0 Å². The third-order valence-corrected chi connectivity index (χ3v) is 6.36. The summed E-state index contributed by atoms with van der Waals surface area (Å²) in [7, 11) is 1.51. The number of benzene rings is 1. The maximum absolute atomic E-state index is 13.3. The normalized spacial score (nSPS) is 16.9. The molecule has 2 atom stereocenters. The van der Waals surface area contributed by atoms with Gasteiger partial charge in [0.05, 0.1) is 37.0 Å². The Bertz CT molecular complexity index is 779. The van der Waals surface area contributed by atoms with Crippen LogP contribution in [0.25, 0.3) is 0 Å². The fourth-order valence-corrected chi connectivity index (χ4v) is 4.44. The van der Waals surface area contributed by atoms with Gasteiger partial charge in [-0.2, -0.15) is 0 Å². The van der Waals surface area contributed by atoms with Gasteiger partial charge in [0.1, 0.15) is 0 Å². The highest BCUT2D eigenvalue weighted by atomic mass is 35.5. The third kappa shape index (κ3) is 7.76. The van der Waals surface area contributed by atoms with Crippen LogP contribution in [0.4, 0.5) is 0 Å². The highest BCUT2D eigenvalue weighted by molar-refractivity contribution is 6.31. The molecule has 1 fully saturated rings. The fraction of sp³-hybridized carbons (Fsp3) is 0.609. The van der Waals surface area contributed by atoms with E-state index in [0.717, 1.165) is 18.4 Å². The molecule has 1 amide bonds. The molecule has 1 aliphatic carbocycles. The zero-order valence-corrected chi connectivity index (χ0v) is 19.1. The number of aliphatic carboxylic acids is 2. The Morgan fingerprint density at radius 1 is 1.19 bits per heavy atom. The topological polar surface area (TPSA) is 122 Å². The SMILES string of the molecule is COCC[C@H](CC1(C(=O)N[C@@H](COCc2ccccc2Cl)CC(=O)O)CCCC1)C(=O)O. The summed E-state index contributed by atoms with van der Waals surface area (Å²) in [5.41, 5.74) is -0.0553. The molecule has 1 aromatic carbocycles. The summed E-state index contributed by atoms with van der Waals surface area (Å²) >= 11 is 6.12. The van der Waals surface area contributed by atoms with Gasteiger partial charge in [0.15, 0.2) is 0 Å². The van der Waals surface area contributed by atoms with Gasteiger partial charge in [-0.3, -0.25) is 14.4 Å². The summed E-state index contributed by atoms with van der Waals surface area (Å²) in [4.78, 5) is 36.4. The van der Waals surface area contributed by atoms with E-state index in [-0.39, 0.29) is 32.0 Å². The van der Waals surface area contributed by atoms with Crippen molar-refractivity contribution in [2.75, 3.05) is 20.3 Å². The Hall–Kier alpha value is -2.16. The summed E-state index contributed by atoms with van der Waals surface area (Å²) in [6, 6.07) is 6.45. The largest absolute Gasteiger partial charge is 0.481 e.